The maximum Gasteiger partial charge on any atom is 0.319 e. The average molecular weight is 1170 g/mol. The van der Waals surface area contributed by atoms with E-state index in [0.717, 1.165) is 0 Å². The van der Waals surface area contributed by atoms with Gasteiger partial charge in [-0.25, -0.2) is 0 Å². The molecule has 2 aliphatic rings. The molecule has 0 bridgehead atoms. The third-order valence-electron chi connectivity index (χ3n) is 8.81. The molecule has 0 aromatic heterocycles. The van der Waals surface area contributed by atoms with Gasteiger partial charge in [0.05, 0.1) is 65.1 Å². The molecule has 7 N–H and O–H groups in total. The molecule has 28 heteroatoms. The number of ether oxygens (including phenoxy) is 5. The van der Waals surface area contributed by atoms with Gasteiger partial charge in [-0.15, -0.1) is 0 Å². The summed E-state index contributed by atoms with van der Waals surface area (Å²) in [6.07, 6.45) is -7.04. The Labute approximate surface area is 435 Å². The number of carbonyl (C=O) groups excluding carboxylic acids is 1. The fraction of sp³-hybridized carbons (Fsp3) is 0.970. The summed E-state index contributed by atoms with van der Waals surface area (Å²) in [4.78, 5) is 11.6. The van der Waals surface area contributed by atoms with Crippen molar-refractivity contribution < 1.29 is 198 Å². The number of nitrogens with one attached hydrogen (secondary N) is 1. The van der Waals surface area contributed by atoms with E-state index >= 15 is 0 Å². The Bertz CT molecular complexity index is 1210. The zero-order chi connectivity index (χ0) is 43.0. The van der Waals surface area contributed by atoms with E-state index in [-0.39, 0.29) is 150 Å². The Balaban J connectivity index is 0. The van der Waals surface area contributed by atoms with Gasteiger partial charge in [-0.1, -0.05) is 6.92 Å². The minimum Gasteiger partial charge on any atom is -0.394 e. The van der Waals surface area contributed by atoms with Gasteiger partial charge in [0, 0.05) is 124 Å². The van der Waals surface area contributed by atoms with Crippen molar-refractivity contribution in [1.82, 2.24) is 5.32 Å². The van der Waals surface area contributed by atoms with Crippen LogP contribution in [-0.2, 0) is 167 Å². The van der Waals surface area contributed by atoms with Crippen molar-refractivity contribution >= 4 is 30.7 Å². The van der Waals surface area contributed by atoms with Crippen LogP contribution in [0, 0.1) is 5.92 Å². The molecule has 2 aliphatic heterocycles. The molecule has 61 heavy (non-hydrogen) atoms. The largest absolute Gasteiger partial charge is 0.394 e. The number of hydrogen-bond acceptors (Lipinski definition) is 21. The Kier molecular flexibility index (Phi) is 41.7. The Morgan fingerprint density at radius 1 is 0.623 bits per heavy atom. The van der Waals surface area contributed by atoms with Crippen molar-refractivity contribution in [3.63, 3.8) is 0 Å². The number of hydrogen-bond donors (Lipinski definition) is 7. The molecule has 0 spiro atoms. The average Bonchev–Trinajstić information content (AvgIpc) is 3.18. The third-order valence-corrected chi connectivity index (χ3v) is 11.5. The zero-order valence-corrected chi connectivity index (χ0v) is 46.8. The van der Waals surface area contributed by atoms with E-state index in [0.29, 0.717) is 38.5 Å². The van der Waals surface area contributed by atoms with Crippen molar-refractivity contribution in [3.05, 3.63) is 0 Å². The second-order valence-corrected chi connectivity index (χ2v) is 17.1. The predicted molar refractivity (Wildman–Crippen MR) is 205 cm³/mol. The van der Waals surface area contributed by atoms with Gasteiger partial charge < -0.3 is 86.8 Å². The third kappa shape index (κ3) is 27.5. The van der Waals surface area contributed by atoms with Crippen LogP contribution < -0.4 is 5.32 Å². The standard InChI is InChI=1S/C33H66NO21P3.3Y/c1-21(2)45-15-16-50-58(44)55-24(19-51-56(42)48-13-9-5-7-11-46-32-22(3)28(38)29(39)25(17-35)53-32)20-52-57(43)49-14-10-6-8-12-47-33-27(34-23(4)37)31(41)30(40)26(18-36)54-33;;;/h21-22,24-33,35-36,38-41,56-58H,5-20H2,1-4H3,(H,34,37);;;. The van der Waals surface area contributed by atoms with E-state index in [2.05, 4.69) is 5.32 Å². The number of aliphatic hydroxyl groups is 6. The second kappa shape index (κ2) is 38.6. The molecule has 0 aromatic carbocycles. The van der Waals surface area contributed by atoms with Crippen molar-refractivity contribution in [3.8, 4) is 0 Å². The summed E-state index contributed by atoms with van der Waals surface area (Å²) in [7, 11) is -9.13. The first-order valence-corrected chi connectivity index (χ1v) is 23.1. The minimum atomic E-state index is -3.08. The van der Waals surface area contributed by atoms with E-state index in [1.165, 1.54) is 6.92 Å². The van der Waals surface area contributed by atoms with Gasteiger partial charge in [0.2, 0.25) is 5.91 Å². The molecule has 0 aliphatic carbocycles. The van der Waals surface area contributed by atoms with Crippen LogP contribution in [0.15, 0.2) is 0 Å². The molecule has 14 unspecified atom stereocenters. The Morgan fingerprint density at radius 2 is 1.08 bits per heavy atom. The van der Waals surface area contributed by atoms with Crippen LogP contribution in [0.5, 0.6) is 0 Å². The van der Waals surface area contributed by atoms with Gasteiger partial charge in [0.1, 0.15) is 42.7 Å². The number of aliphatic hydroxyl groups excluding tert-OH is 6. The first kappa shape index (κ1) is 65.9. The molecule has 0 saturated carbocycles. The Hall–Kier alpha value is 2.79. The summed E-state index contributed by atoms with van der Waals surface area (Å²) >= 11 is 0. The van der Waals surface area contributed by atoms with Crippen LogP contribution in [0.2, 0.25) is 0 Å². The first-order chi connectivity index (χ1) is 27.7. The summed E-state index contributed by atoms with van der Waals surface area (Å²) in [5.74, 6) is -0.970. The van der Waals surface area contributed by atoms with Gasteiger partial charge in [-0.05, 0) is 52.4 Å². The second-order valence-electron chi connectivity index (χ2n) is 13.9. The molecule has 3 radical (unpaired) electrons. The molecular formula is C33H66NO21P3Y3. The van der Waals surface area contributed by atoms with E-state index < -0.39 is 118 Å². The molecular weight excluding hydrogens is 1110 g/mol. The topological polar surface area (TPSA) is 303 Å². The number of rotatable bonds is 32. The number of amides is 1. The smallest absolute Gasteiger partial charge is 0.319 e. The predicted octanol–water partition coefficient (Wildman–Crippen LogP) is 0.434. The molecule has 22 nitrogen and oxygen atoms in total. The summed E-state index contributed by atoms with van der Waals surface area (Å²) in [5.41, 5.74) is 0. The van der Waals surface area contributed by atoms with Crippen molar-refractivity contribution in [2.45, 2.75) is 134 Å². The summed E-state index contributed by atoms with van der Waals surface area (Å²) < 4.78 is 96.7. The molecule has 14 atom stereocenters. The summed E-state index contributed by atoms with van der Waals surface area (Å²) in [5, 5.41) is 61.9. The fourth-order valence-electron chi connectivity index (χ4n) is 5.60. The molecule has 2 saturated heterocycles. The summed E-state index contributed by atoms with van der Waals surface area (Å²) in [6.45, 7) is 5.49. The van der Waals surface area contributed by atoms with Crippen LogP contribution >= 0.6 is 24.8 Å². The Morgan fingerprint density at radius 3 is 1.57 bits per heavy atom. The van der Waals surface area contributed by atoms with Crippen LogP contribution in [0.4, 0.5) is 0 Å². The molecule has 2 heterocycles. The maximum absolute atomic E-state index is 12.5. The van der Waals surface area contributed by atoms with Gasteiger partial charge in [-0.2, -0.15) is 0 Å². The molecule has 353 valence electrons. The molecule has 1 amide bonds. The van der Waals surface area contributed by atoms with Gasteiger partial charge in [0.15, 0.2) is 12.6 Å². The van der Waals surface area contributed by atoms with Crippen LogP contribution in [0.3, 0.4) is 0 Å². The first-order valence-electron chi connectivity index (χ1n) is 19.5. The van der Waals surface area contributed by atoms with E-state index in [1.807, 2.05) is 13.8 Å². The fourth-order valence-corrected chi connectivity index (χ4v) is 7.75. The van der Waals surface area contributed by atoms with E-state index in [4.69, 9.17) is 50.8 Å². The SMILES string of the molecule is CC(=O)NC1C(OCCCCCO[PH](=O)OCC(CO[PH](=O)OCCCCCOC2OC(CO)C(O)C(O)C2C)O[PH](=O)OCCOC(C)C)OC(CO)C(O)C1O.[Y].[Y].[Y]. The van der Waals surface area contributed by atoms with Gasteiger partial charge in [0.25, 0.3) is 0 Å². The quantitative estimate of drug-likeness (QED) is 0.0355. The monoisotopic (exact) mass is 1170 g/mol. The van der Waals surface area contributed by atoms with E-state index in [9.17, 15) is 49.1 Å². The number of unbranched alkanes of at least 4 members (excludes halogenated alkanes) is 4. The van der Waals surface area contributed by atoms with Crippen LogP contribution in [-0.4, -0.2) is 170 Å². The van der Waals surface area contributed by atoms with E-state index in [1.54, 1.807) is 6.92 Å². The van der Waals surface area contributed by atoms with Crippen LogP contribution in [0.1, 0.15) is 66.2 Å². The van der Waals surface area contributed by atoms with Crippen LogP contribution in [0.25, 0.3) is 0 Å². The van der Waals surface area contributed by atoms with Crippen molar-refractivity contribution in [2.75, 3.05) is 66.1 Å². The molecule has 2 rings (SSSR count). The number of carbonyl (C=O) groups is 1. The maximum atomic E-state index is 12.5. The normalized spacial score (nSPS) is 28.4. The zero-order valence-electron chi connectivity index (χ0n) is 35.3. The van der Waals surface area contributed by atoms with Crippen molar-refractivity contribution in [2.24, 2.45) is 5.92 Å². The van der Waals surface area contributed by atoms with Gasteiger partial charge >= 0.3 is 24.8 Å². The molecule has 2 fully saturated rings. The minimum absolute atomic E-state index is 0. The van der Waals surface area contributed by atoms with Gasteiger partial charge in [-0.3, -0.25) is 18.5 Å². The summed E-state index contributed by atoms with van der Waals surface area (Å²) in [6, 6.07) is -1.05. The molecule has 0 aromatic rings. The van der Waals surface area contributed by atoms with Crippen molar-refractivity contribution in [1.29, 1.82) is 0 Å².